The molecule has 118 valence electrons. The van der Waals surface area contributed by atoms with Crippen LogP contribution in [0, 0.1) is 0 Å². The second kappa shape index (κ2) is 9.35. The van der Waals surface area contributed by atoms with Crippen molar-refractivity contribution in [3.63, 3.8) is 0 Å². The maximum atomic E-state index is 12.1. The van der Waals surface area contributed by atoms with Gasteiger partial charge in [0.15, 0.2) is 0 Å². The van der Waals surface area contributed by atoms with Gasteiger partial charge in [-0.25, -0.2) is 0 Å². The quantitative estimate of drug-likeness (QED) is 0.717. The van der Waals surface area contributed by atoms with Gasteiger partial charge >= 0.3 is 0 Å². The van der Waals surface area contributed by atoms with Gasteiger partial charge in [-0.2, -0.15) is 0 Å². The third-order valence-electron chi connectivity index (χ3n) is 4.46. The van der Waals surface area contributed by atoms with E-state index in [1.54, 1.807) is 0 Å². The Hall–Kier alpha value is -0.610. The van der Waals surface area contributed by atoms with Gasteiger partial charge in [0.2, 0.25) is 5.91 Å². The summed E-state index contributed by atoms with van der Waals surface area (Å²) < 4.78 is 0. The minimum atomic E-state index is -0.108. The zero-order valence-electron chi connectivity index (χ0n) is 13.7. The van der Waals surface area contributed by atoms with Crippen LogP contribution in [0.25, 0.3) is 0 Å². The topological polar surface area (TPSA) is 44.4 Å². The van der Waals surface area contributed by atoms with Crippen LogP contribution in [0.5, 0.6) is 0 Å². The van der Waals surface area contributed by atoms with Gasteiger partial charge in [-0.15, -0.1) is 0 Å². The highest BCUT2D eigenvalue weighted by Crippen LogP contribution is 2.11. The van der Waals surface area contributed by atoms with Crippen molar-refractivity contribution >= 4 is 5.91 Å². The van der Waals surface area contributed by atoms with Crippen molar-refractivity contribution in [3.05, 3.63) is 0 Å². The summed E-state index contributed by atoms with van der Waals surface area (Å²) >= 11 is 0. The van der Waals surface area contributed by atoms with Crippen molar-refractivity contribution < 1.29 is 4.79 Å². The number of nitrogens with one attached hydrogen (secondary N) is 2. The number of hydrogen-bond acceptors (Lipinski definition) is 3. The van der Waals surface area contributed by atoms with Gasteiger partial charge < -0.3 is 10.6 Å². The molecule has 0 aliphatic carbocycles. The van der Waals surface area contributed by atoms with Crippen LogP contribution in [0.4, 0.5) is 0 Å². The number of piperidine rings is 1. The molecule has 0 spiro atoms. The predicted molar refractivity (Wildman–Crippen MR) is 84.9 cm³/mol. The lowest BCUT2D eigenvalue weighted by molar-refractivity contribution is -0.123. The van der Waals surface area contributed by atoms with Crippen molar-refractivity contribution in [1.82, 2.24) is 15.5 Å². The van der Waals surface area contributed by atoms with Gasteiger partial charge in [-0.1, -0.05) is 20.3 Å². The lowest BCUT2D eigenvalue weighted by Gasteiger charge is -2.33. The average molecular weight is 283 g/mol. The maximum Gasteiger partial charge on any atom is 0.237 e. The Kier molecular flexibility index (Phi) is 8.15. The first kappa shape index (κ1) is 17.4. The molecule has 1 amide bonds. The van der Waals surface area contributed by atoms with E-state index in [2.05, 4.69) is 36.3 Å². The van der Waals surface area contributed by atoms with E-state index >= 15 is 0 Å². The van der Waals surface area contributed by atoms with Crippen molar-refractivity contribution in [3.8, 4) is 0 Å². The molecule has 0 aromatic rings. The van der Waals surface area contributed by atoms with E-state index in [9.17, 15) is 4.79 Å². The highest BCUT2D eigenvalue weighted by Gasteiger charge is 2.19. The van der Waals surface area contributed by atoms with E-state index in [0.29, 0.717) is 12.1 Å². The number of nitrogens with zero attached hydrogens (tertiary/aromatic N) is 1. The molecule has 0 aromatic heterocycles. The Labute approximate surface area is 124 Å². The molecule has 1 rings (SSSR count). The molecule has 2 unspecified atom stereocenters. The van der Waals surface area contributed by atoms with Crippen LogP contribution >= 0.6 is 0 Å². The zero-order valence-corrected chi connectivity index (χ0v) is 13.7. The van der Waals surface area contributed by atoms with Crippen LogP contribution < -0.4 is 10.6 Å². The Morgan fingerprint density at radius 1 is 1.10 bits per heavy atom. The lowest BCUT2D eigenvalue weighted by Crippen LogP contribution is -2.50. The molecule has 2 N–H and O–H groups in total. The van der Waals surface area contributed by atoms with E-state index in [0.717, 1.165) is 19.4 Å². The standard InChI is InChI=1S/C16H33N3O/c1-5-15(6-2)18-16(20)14(4)17-12-13(3)19-10-8-7-9-11-19/h13-15,17H,5-12H2,1-4H3,(H,18,20). The molecule has 1 aliphatic rings. The average Bonchev–Trinajstić information content (AvgIpc) is 2.50. The smallest absolute Gasteiger partial charge is 0.237 e. The van der Waals surface area contributed by atoms with E-state index in [1.165, 1.54) is 32.4 Å². The molecule has 0 aromatic carbocycles. The van der Waals surface area contributed by atoms with Crippen LogP contribution in [0.15, 0.2) is 0 Å². The van der Waals surface area contributed by atoms with Gasteiger partial charge in [-0.05, 0) is 52.6 Å². The molecule has 20 heavy (non-hydrogen) atoms. The monoisotopic (exact) mass is 283 g/mol. The summed E-state index contributed by atoms with van der Waals surface area (Å²) in [5.41, 5.74) is 0. The van der Waals surface area contributed by atoms with Gasteiger partial charge in [0.25, 0.3) is 0 Å². The summed E-state index contributed by atoms with van der Waals surface area (Å²) in [5, 5.41) is 6.48. The molecular weight excluding hydrogens is 250 g/mol. The normalized spacial score (nSPS) is 19.9. The number of likely N-dealkylation sites (tertiary alicyclic amines) is 1. The van der Waals surface area contributed by atoms with Gasteiger partial charge in [0.1, 0.15) is 0 Å². The lowest BCUT2D eigenvalue weighted by atomic mass is 10.1. The molecule has 1 heterocycles. The Balaban J connectivity index is 2.26. The summed E-state index contributed by atoms with van der Waals surface area (Å²) in [6.45, 7) is 11.7. The second-order valence-corrected chi connectivity index (χ2v) is 6.10. The highest BCUT2D eigenvalue weighted by atomic mass is 16.2. The molecule has 1 aliphatic heterocycles. The predicted octanol–water partition coefficient (Wildman–Crippen LogP) is 2.14. The molecule has 1 saturated heterocycles. The van der Waals surface area contributed by atoms with Crippen molar-refractivity contribution in [2.45, 2.75) is 77.9 Å². The molecule has 2 atom stereocenters. The van der Waals surface area contributed by atoms with Gasteiger partial charge in [0.05, 0.1) is 6.04 Å². The first-order valence-corrected chi connectivity index (χ1v) is 8.36. The number of amides is 1. The third-order valence-corrected chi connectivity index (χ3v) is 4.46. The SMILES string of the molecule is CCC(CC)NC(=O)C(C)NCC(C)N1CCCCC1. The van der Waals surface area contributed by atoms with Crippen LogP contribution in [0.2, 0.25) is 0 Å². The maximum absolute atomic E-state index is 12.1. The Bertz CT molecular complexity index is 273. The minimum Gasteiger partial charge on any atom is -0.352 e. The van der Waals surface area contributed by atoms with Crippen LogP contribution in [0.1, 0.15) is 59.8 Å². The van der Waals surface area contributed by atoms with E-state index in [4.69, 9.17) is 0 Å². The Morgan fingerprint density at radius 3 is 2.25 bits per heavy atom. The van der Waals surface area contributed by atoms with E-state index in [-0.39, 0.29) is 11.9 Å². The molecule has 0 saturated carbocycles. The first-order chi connectivity index (χ1) is 9.58. The number of carbonyl (C=O) groups is 1. The fraction of sp³-hybridized carbons (Fsp3) is 0.938. The Morgan fingerprint density at radius 2 is 1.70 bits per heavy atom. The van der Waals surface area contributed by atoms with Gasteiger partial charge in [-0.3, -0.25) is 9.69 Å². The molecule has 0 radical (unpaired) electrons. The summed E-state index contributed by atoms with van der Waals surface area (Å²) in [6.07, 6.45) is 5.99. The van der Waals surface area contributed by atoms with Crippen LogP contribution in [0.3, 0.4) is 0 Å². The molecular formula is C16H33N3O. The minimum absolute atomic E-state index is 0.108. The first-order valence-electron chi connectivity index (χ1n) is 8.36. The summed E-state index contributed by atoms with van der Waals surface area (Å²) in [5.74, 6) is 0.129. The molecule has 4 heteroatoms. The zero-order chi connectivity index (χ0) is 15.0. The number of carbonyl (C=O) groups excluding carboxylic acids is 1. The largest absolute Gasteiger partial charge is 0.352 e. The van der Waals surface area contributed by atoms with Crippen molar-refractivity contribution in [2.75, 3.05) is 19.6 Å². The van der Waals surface area contributed by atoms with Crippen molar-refractivity contribution in [1.29, 1.82) is 0 Å². The molecule has 0 bridgehead atoms. The fourth-order valence-corrected chi connectivity index (χ4v) is 2.75. The second-order valence-electron chi connectivity index (χ2n) is 6.10. The van der Waals surface area contributed by atoms with E-state index in [1.807, 2.05) is 6.92 Å². The van der Waals surface area contributed by atoms with Crippen LogP contribution in [-0.4, -0.2) is 48.6 Å². The van der Waals surface area contributed by atoms with Crippen LogP contribution in [-0.2, 0) is 4.79 Å². The summed E-state index contributed by atoms with van der Waals surface area (Å²) in [4.78, 5) is 14.6. The van der Waals surface area contributed by atoms with E-state index < -0.39 is 0 Å². The summed E-state index contributed by atoms with van der Waals surface area (Å²) in [7, 11) is 0. The summed E-state index contributed by atoms with van der Waals surface area (Å²) in [6, 6.07) is 0.716. The van der Waals surface area contributed by atoms with Crippen molar-refractivity contribution in [2.24, 2.45) is 0 Å². The number of hydrogen-bond donors (Lipinski definition) is 2. The fourth-order valence-electron chi connectivity index (χ4n) is 2.75. The third kappa shape index (κ3) is 5.80. The number of rotatable bonds is 8. The molecule has 1 fully saturated rings. The van der Waals surface area contributed by atoms with Gasteiger partial charge in [0, 0.05) is 18.6 Å². The molecule has 4 nitrogen and oxygen atoms in total. The highest BCUT2D eigenvalue weighted by molar-refractivity contribution is 5.81.